The van der Waals surface area contributed by atoms with Crippen LogP contribution in [0.2, 0.25) is 0 Å². The Hall–Kier alpha value is -2.37. The smallest absolute Gasteiger partial charge is 0.317 e. The van der Waals surface area contributed by atoms with Gasteiger partial charge in [-0.25, -0.2) is 4.79 Å². The average Bonchev–Trinajstić information content (AvgIpc) is 3.24. The van der Waals surface area contributed by atoms with Crippen molar-refractivity contribution in [3.05, 3.63) is 35.8 Å². The van der Waals surface area contributed by atoms with Crippen LogP contribution < -0.4 is 5.32 Å². The summed E-state index contributed by atoms with van der Waals surface area (Å²) in [7, 11) is 0. The van der Waals surface area contributed by atoms with E-state index in [9.17, 15) is 4.79 Å². The molecule has 2 aromatic heterocycles. The summed E-state index contributed by atoms with van der Waals surface area (Å²) in [6.45, 7) is 8.57. The van der Waals surface area contributed by atoms with Crippen molar-refractivity contribution in [1.29, 1.82) is 0 Å². The molecule has 2 amide bonds. The quantitative estimate of drug-likeness (QED) is 0.935. The van der Waals surface area contributed by atoms with Crippen LogP contribution in [0.25, 0.3) is 11.3 Å². The third kappa shape index (κ3) is 2.60. The first kappa shape index (κ1) is 16.1. The number of fused-ring (bicyclic) bond motifs is 3. The maximum absolute atomic E-state index is 12.2. The molecule has 2 aromatic rings. The zero-order chi connectivity index (χ0) is 17.6. The maximum atomic E-state index is 12.2. The Balaban J connectivity index is 1.73. The Morgan fingerprint density at radius 2 is 2.08 bits per heavy atom. The minimum atomic E-state index is 0.0557. The first-order valence-electron chi connectivity index (χ1n) is 9.14. The van der Waals surface area contributed by atoms with Gasteiger partial charge in [-0.3, -0.25) is 9.67 Å². The average molecular weight is 339 g/mol. The number of carbonyl (C=O) groups is 1. The number of nitrogens with zero attached hydrogens (tertiary/aromatic N) is 4. The van der Waals surface area contributed by atoms with Gasteiger partial charge in [-0.15, -0.1) is 0 Å². The topological polar surface area (TPSA) is 63.1 Å². The lowest BCUT2D eigenvalue weighted by atomic mass is 9.93. The van der Waals surface area contributed by atoms with E-state index in [1.807, 2.05) is 24.2 Å². The van der Waals surface area contributed by atoms with Gasteiger partial charge in [0.2, 0.25) is 0 Å². The second-order valence-corrected chi connectivity index (χ2v) is 7.29. The van der Waals surface area contributed by atoms with Crippen molar-refractivity contribution in [2.45, 2.75) is 39.2 Å². The van der Waals surface area contributed by atoms with Gasteiger partial charge < -0.3 is 10.2 Å². The molecule has 1 aliphatic heterocycles. The van der Waals surface area contributed by atoms with Gasteiger partial charge in [0.1, 0.15) is 0 Å². The Bertz CT molecular complexity index is 783. The van der Waals surface area contributed by atoms with Gasteiger partial charge in [0, 0.05) is 55.1 Å². The summed E-state index contributed by atoms with van der Waals surface area (Å²) in [6.07, 6.45) is 4.64. The fraction of sp³-hybridized carbons (Fsp3) is 0.526. The summed E-state index contributed by atoms with van der Waals surface area (Å²) in [6, 6.07) is 4.47. The van der Waals surface area contributed by atoms with Crippen molar-refractivity contribution in [1.82, 2.24) is 25.0 Å². The van der Waals surface area contributed by atoms with Crippen LogP contribution in [-0.2, 0) is 6.42 Å². The first-order chi connectivity index (χ1) is 12.1. The van der Waals surface area contributed by atoms with Crippen LogP contribution >= 0.6 is 0 Å². The monoisotopic (exact) mass is 339 g/mol. The summed E-state index contributed by atoms with van der Waals surface area (Å²) >= 11 is 0. The Labute approximate surface area is 148 Å². The van der Waals surface area contributed by atoms with Crippen molar-refractivity contribution < 1.29 is 4.79 Å². The van der Waals surface area contributed by atoms with Crippen molar-refractivity contribution in [3.8, 4) is 11.3 Å². The highest BCUT2D eigenvalue weighted by Crippen LogP contribution is 2.47. The minimum Gasteiger partial charge on any atom is -0.338 e. The Morgan fingerprint density at radius 1 is 1.32 bits per heavy atom. The number of likely N-dealkylation sites (tertiary alicyclic amines) is 1. The lowest BCUT2D eigenvalue weighted by Crippen LogP contribution is -2.38. The molecule has 6 nitrogen and oxygen atoms in total. The van der Waals surface area contributed by atoms with Crippen molar-refractivity contribution in [3.63, 3.8) is 0 Å². The summed E-state index contributed by atoms with van der Waals surface area (Å²) in [5.74, 6) is 0.871. The molecule has 0 aromatic carbocycles. The third-order valence-electron chi connectivity index (χ3n) is 5.35. The molecule has 4 rings (SSSR count). The van der Waals surface area contributed by atoms with Crippen LogP contribution in [0.4, 0.5) is 4.79 Å². The molecule has 2 aliphatic rings. The predicted molar refractivity (Wildman–Crippen MR) is 96.4 cm³/mol. The molecule has 0 saturated carbocycles. The van der Waals surface area contributed by atoms with E-state index in [0.717, 1.165) is 25.1 Å². The van der Waals surface area contributed by atoms with Crippen LogP contribution in [0.15, 0.2) is 24.5 Å². The molecule has 132 valence electrons. The van der Waals surface area contributed by atoms with E-state index in [2.05, 4.69) is 41.0 Å². The molecule has 1 aliphatic carbocycles. The van der Waals surface area contributed by atoms with E-state index >= 15 is 0 Å². The Morgan fingerprint density at radius 3 is 2.76 bits per heavy atom. The van der Waals surface area contributed by atoms with E-state index < -0.39 is 0 Å². The zero-order valence-electron chi connectivity index (χ0n) is 15.1. The number of hydrogen-bond donors (Lipinski definition) is 1. The molecule has 1 saturated heterocycles. The molecule has 0 radical (unpaired) electrons. The lowest BCUT2D eigenvalue weighted by Gasteiger charge is -2.18. The first-order valence-corrected chi connectivity index (χ1v) is 9.14. The largest absolute Gasteiger partial charge is 0.338 e. The number of rotatable bonds is 3. The molecule has 1 fully saturated rings. The molecular weight excluding hydrogens is 314 g/mol. The number of carbonyl (C=O) groups excluding carboxylic acids is 1. The fourth-order valence-corrected chi connectivity index (χ4v) is 4.29. The number of urea groups is 1. The fourth-order valence-electron chi connectivity index (χ4n) is 4.29. The molecule has 3 heterocycles. The van der Waals surface area contributed by atoms with Gasteiger partial charge in [-0.2, -0.15) is 5.10 Å². The second kappa shape index (κ2) is 6.17. The highest BCUT2D eigenvalue weighted by molar-refractivity contribution is 5.75. The van der Waals surface area contributed by atoms with E-state index in [-0.39, 0.29) is 6.03 Å². The molecule has 25 heavy (non-hydrogen) atoms. The van der Waals surface area contributed by atoms with Crippen molar-refractivity contribution in [2.75, 3.05) is 19.6 Å². The molecule has 0 unspecified atom stereocenters. The summed E-state index contributed by atoms with van der Waals surface area (Å²) in [5, 5.41) is 7.86. The standard InChI is InChI=1S/C19H25N5O/c1-4-21-19(25)23-10-14-9-16-17(15(14)11-23)18(24(22-16)12(2)3)13-5-7-20-8-6-13/h5-8,12,14-15H,4,9-11H2,1-3H3,(H,21,25)/t14-,15+/m1/s1. The Kier molecular flexibility index (Phi) is 3.98. The van der Waals surface area contributed by atoms with Gasteiger partial charge in [0.25, 0.3) is 0 Å². The van der Waals surface area contributed by atoms with Crippen LogP contribution in [0.3, 0.4) is 0 Å². The SMILES string of the molecule is CCNC(=O)N1C[C@H]2Cc3nn(C(C)C)c(-c4ccncc4)c3[C@H]2C1. The highest BCUT2D eigenvalue weighted by Gasteiger charge is 2.45. The summed E-state index contributed by atoms with van der Waals surface area (Å²) in [5.41, 5.74) is 4.93. The van der Waals surface area contributed by atoms with Gasteiger partial charge >= 0.3 is 6.03 Å². The number of amides is 2. The number of nitrogens with one attached hydrogen (secondary N) is 1. The van der Waals surface area contributed by atoms with Crippen molar-refractivity contribution >= 4 is 6.03 Å². The summed E-state index contributed by atoms with van der Waals surface area (Å²) < 4.78 is 2.14. The number of aromatic nitrogens is 3. The van der Waals surface area contributed by atoms with E-state index in [4.69, 9.17) is 5.10 Å². The third-order valence-corrected chi connectivity index (χ3v) is 5.35. The van der Waals surface area contributed by atoms with Gasteiger partial charge in [-0.05, 0) is 45.2 Å². The van der Waals surface area contributed by atoms with E-state index in [1.165, 1.54) is 17.0 Å². The van der Waals surface area contributed by atoms with Crippen LogP contribution in [0.5, 0.6) is 0 Å². The predicted octanol–water partition coefficient (Wildman–Crippen LogP) is 2.83. The normalized spacial score (nSPS) is 21.5. The molecular formula is C19H25N5O. The minimum absolute atomic E-state index is 0.0557. The van der Waals surface area contributed by atoms with Crippen LogP contribution in [0.1, 0.15) is 44.0 Å². The number of pyridine rings is 1. The van der Waals surface area contributed by atoms with Gasteiger partial charge in [-0.1, -0.05) is 0 Å². The van der Waals surface area contributed by atoms with Gasteiger partial charge in [0.05, 0.1) is 11.4 Å². The van der Waals surface area contributed by atoms with Crippen LogP contribution in [-0.4, -0.2) is 45.3 Å². The molecule has 0 bridgehead atoms. The lowest BCUT2D eigenvalue weighted by molar-refractivity contribution is 0.207. The van der Waals surface area contributed by atoms with Crippen molar-refractivity contribution in [2.24, 2.45) is 5.92 Å². The van der Waals surface area contributed by atoms with Gasteiger partial charge in [0.15, 0.2) is 0 Å². The summed E-state index contributed by atoms with van der Waals surface area (Å²) in [4.78, 5) is 18.4. The van der Waals surface area contributed by atoms with Crippen LogP contribution in [0, 0.1) is 5.92 Å². The number of hydrogen-bond acceptors (Lipinski definition) is 3. The zero-order valence-corrected chi connectivity index (χ0v) is 15.1. The highest BCUT2D eigenvalue weighted by atomic mass is 16.2. The molecule has 0 spiro atoms. The molecule has 6 heteroatoms. The second-order valence-electron chi connectivity index (χ2n) is 7.29. The molecule has 1 N–H and O–H groups in total. The van der Waals surface area contributed by atoms with E-state index in [1.54, 1.807) is 0 Å². The van der Waals surface area contributed by atoms with E-state index in [0.29, 0.717) is 24.4 Å². The molecule has 2 atom stereocenters. The maximum Gasteiger partial charge on any atom is 0.317 e.